The van der Waals surface area contributed by atoms with Gasteiger partial charge in [-0.15, -0.1) is 0 Å². The Kier molecular flexibility index (Phi) is 21.8. The van der Waals surface area contributed by atoms with E-state index in [0.29, 0.717) is 0 Å². The zero-order chi connectivity index (χ0) is 20.0. The fraction of sp³-hybridized carbons (Fsp3) is 0.926. The summed E-state index contributed by atoms with van der Waals surface area (Å²) in [5.74, 6) is 0.817. The molecule has 0 heteroatoms. The quantitative estimate of drug-likeness (QED) is 0.130. The fourth-order valence-electron chi connectivity index (χ4n) is 4.23. The molecule has 0 amide bonds. The van der Waals surface area contributed by atoms with Gasteiger partial charge in [0.25, 0.3) is 0 Å². The minimum atomic E-state index is 0.817. The molecular weight excluding hydrogens is 324 g/mol. The molecule has 0 aliphatic carbocycles. The zero-order valence-corrected chi connectivity index (χ0v) is 19.6. The van der Waals surface area contributed by atoms with Crippen LogP contribution in [0.25, 0.3) is 0 Å². The van der Waals surface area contributed by atoms with E-state index in [2.05, 4.69) is 27.4 Å². The van der Waals surface area contributed by atoms with Gasteiger partial charge in [0, 0.05) is 0 Å². The molecule has 0 fully saturated rings. The van der Waals surface area contributed by atoms with Gasteiger partial charge in [0.1, 0.15) is 0 Å². The summed E-state index contributed by atoms with van der Waals surface area (Å²) in [6, 6.07) is 0. The van der Waals surface area contributed by atoms with Gasteiger partial charge in [-0.05, 0) is 31.6 Å². The first-order valence-electron chi connectivity index (χ1n) is 12.9. The summed E-state index contributed by atoms with van der Waals surface area (Å²) in [7, 11) is 0. The molecule has 0 nitrogen and oxygen atoms in total. The Bertz CT molecular complexity index is 290. The van der Waals surface area contributed by atoms with Crippen LogP contribution in [-0.2, 0) is 0 Å². The van der Waals surface area contributed by atoms with Crippen molar-refractivity contribution in [3.05, 3.63) is 12.2 Å². The molecule has 0 aromatic carbocycles. The summed E-state index contributed by atoms with van der Waals surface area (Å²) >= 11 is 0. The van der Waals surface area contributed by atoms with E-state index in [0.717, 1.165) is 5.92 Å². The summed E-state index contributed by atoms with van der Waals surface area (Å²) in [5, 5.41) is 0. The van der Waals surface area contributed by atoms with Crippen LogP contribution < -0.4 is 0 Å². The predicted molar refractivity (Wildman–Crippen MR) is 127 cm³/mol. The molecule has 0 aliphatic heterocycles. The van der Waals surface area contributed by atoms with Crippen LogP contribution >= 0.6 is 0 Å². The number of hydrogen-bond donors (Lipinski definition) is 0. The van der Waals surface area contributed by atoms with E-state index in [9.17, 15) is 0 Å². The molecule has 0 saturated heterocycles. The Morgan fingerprint density at radius 3 is 1.26 bits per heavy atom. The summed E-state index contributed by atoms with van der Waals surface area (Å²) in [6.07, 6.45) is 29.6. The highest BCUT2D eigenvalue weighted by molar-refractivity contribution is 5.00. The molecule has 0 radical (unpaired) electrons. The molecule has 0 N–H and O–H groups in total. The van der Waals surface area contributed by atoms with Crippen LogP contribution in [0.3, 0.4) is 0 Å². The van der Waals surface area contributed by atoms with Gasteiger partial charge in [-0.1, -0.05) is 142 Å². The van der Waals surface area contributed by atoms with Gasteiger partial charge in [0.2, 0.25) is 0 Å². The van der Waals surface area contributed by atoms with E-state index in [1.807, 2.05) is 0 Å². The molecule has 0 bridgehead atoms. The van der Waals surface area contributed by atoms with Gasteiger partial charge in [-0.2, -0.15) is 0 Å². The lowest BCUT2D eigenvalue weighted by Crippen LogP contribution is -2.05. The average Bonchev–Trinajstić information content (AvgIpc) is 2.68. The first-order chi connectivity index (χ1) is 13.3. The molecular formula is C27H54. The lowest BCUT2D eigenvalue weighted by atomic mass is 9.86. The topological polar surface area (TPSA) is 0 Å². The van der Waals surface area contributed by atoms with Crippen molar-refractivity contribution in [1.82, 2.24) is 0 Å². The van der Waals surface area contributed by atoms with Gasteiger partial charge in [0.15, 0.2) is 0 Å². The standard InChI is InChI=1S/C27H54/c1-5-8-11-14-16-17-18-20-23-26(4)27(24-21-13-10-7-3)25-22-19-15-12-9-6-2/h27H,4-25H2,1-3H3. The summed E-state index contributed by atoms with van der Waals surface area (Å²) < 4.78 is 0. The molecule has 0 aromatic rings. The molecule has 0 rings (SSSR count). The third-order valence-electron chi connectivity index (χ3n) is 6.24. The van der Waals surface area contributed by atoms with Gasteiger partial charge >= 0.3 is 0 Å². The van der Waals surface area contributed by atoms with Crippen molar-refractivity contribution in [3.8, 4) is 0 Å². The normalized spacial score (nSPS) is 12.4. The molecule has 27 heavy (non-hydrogen) atoms. The van der Waals surface area contributed by atoms with Crippen molar-refractivity contribution in [2.75, 3.05) is 0 Å². The lowest BCUT2D eigenvalue weighted by Gasteiger charge is -2.20. The van der Waals surface area contributed by atoms with Crippen LogP contribution in [0, 0.1) is 5.92 Å². The summed E-state index contributed by atoms with van der Waals surface area (Å²) in [6.45, 7) is 11.5. The molecule has 1 unspecified atom stereocenters. The van der Waals surface area contributed by atoms with Crippen LogP contribution in [0.2, 0.25) is 0 Å². The molecule has 0 heterocycles. The van der Waals surface area contributed by atoms with Crippen molar-refractivity contribution < 1.29 is 0 Å². The number of hydrogen-bond acceptors (Lipinski definition) is 0. The maximum atomic E-state index is 4.54. The minimum Gasteiger partial charge on any atom is -0.0996 e. The van der Waals surface area contributed by atoms with Crippen molar-refractivity contribution in [3.63, 3.8) is 0 Å². The molecule has 162 valence electrons. The second kappa shape index (κ2) is 22.0. The molecule has 0 saturated carbocycles. The first-order valence-corrected chi connectivity index (χ1v) is 12.9. The highest BCUT2D eigenvalue weighted by Crippen LogP contribution is 2.28. The van der Waals surface area contributed by atoms with Crippen LogP contribution in [0.1, 0.15) is 156 Å². The maximum Gasteiger partial charge on any atom is -0.0206 e. The Morgan fingerprint density at radius 2 is 0.815 bits per heavy atom. The molecule has 1 atom stereocenters. The van der Waals surface area contributed by atoms with Crippen molar-refractivity contribution >= 4 is 0 Å². The highest BCUT2D eigenvalue weighted by atomic mass is 14.2. The van der Waals surface area contributed by atoms with Crippen LogP contribution in [-0.4, -0.2) is 0 Å². The number of unbranched alkanes of at least 4 members (excludes halogenated alkanes) is 15. The predicted octanol–water partition coefficient (Wildman–Crippen LogP) is 10.4. The van der Waals surface area contributed by atoms with Gasteiger partial charge in [-0.25, -0.2) is 0 Å². The van der Waals surface area contributed by atoms with Gasteiger partial charge < -0.3 is 0 Å². The second-order valence-corrected chi connectivity index (χ2v) is 8.99. The summed E-state index contributed by atoms with van der Waals surface area (Å²) in [5.41, 5.74) is 1.59. The average molecular weight is 379 g/mol. The van der Waals surface area contributed by atoms with E-state index in [-0.39, 0.29) is 0 Å². The van der Waals surface area contributed by atoms with Crippen molar-refractivity contribution in [2.45, 2.75) is 156 Å². The molecule has 0 aliphatic rings. The first kappa shape index (κ1) is 26.7. The fourth-order valence-corrected chi connectivity index (χ4v) is 4.23. The van der Waals surface area contributed by atoms with E-state index >= 15 is 0 Å². The van der Waals surface area contributed by atoms with E-state index in [1.165, 1.54) is 135 Å². The van der Waals surface area contributed by atoms with Crippen molar-refractivity contribution in [2.24, 2.45) is 5.92 Å². The number of rotatable bonds is 22. The Balaban J connectivity index is 3.93. The molecule has 0 spiro atoms. The number of allylic oxidation sites excluding steroid dienone is 1. The third-order valence-corrected chi connectivity index (χ3v) is 6.24. The summed E-state index contributed by atoms with van der Waals surface area (Å²) in [4.78, 5) is 0. The van der Waals surface area contributed by atoms with Crippen LogP contribution in [0.4, 0.5) is 0 Å². The SMILES string of the molecule is C=C(CCCCCCCCCC)C(CCCCCC)CCCCCCCC. The van der Waals surface area contributed by atoms with E-state index in [1.54, 1.807) is 5.57 Å². The van der Waals surface area contributed by atoms with Crippen molar-refractivity contribution in [1.29, 1.82) is 0 Å². The molecule has 0 aromatic heterocycles. The Morgan fingerprint density at radius 1 is 0.481 bits per heavy atom. The second-order valence-electron chi connectivity index (χ2n) is 8.99. The third kappa shape index (κ3) is 18.9. The van der Waals surface area contributed by atoms with E-state index in [4.69, 9.17) is 0 Å². The maximum absolute atomic E-state index is 4.54. The Hall–Kier alpha value is -0.260. The zero-order valence-electron chi connectivity index (χ0n) is 19.6. The largest absolute Gasteiger partial charge is 0.0996 e. The minimum absolute atomic E-state index is 0.817. The smallest absolute Gasteiger partial charge is 0.0206 e. The monoisotopic (exact) mass is 378 g/mol. The highest BCUT2D eigenvalue weighted by Gasteiger charge is 2.12. The van der Waals surface area contributed by atoms with Gasteiger partial charge in [0.05, 0.1) is 0 Å². The Labute approximate surface area is 174 Å². The van der Waals surface area contributed by atoms with Gasteiger partial charge in [-0.3, -0.25) is 0 Å². The van der Waals surface area contributed by atoms with Crippen LogP contribution in [0.5, 0.6) is 0 Å². The lowest BCUT2D eigenvalue weighted by molar-refractivity contribution is 0.438. The van der Waals surface area contributed by atoms with Crippen LogP contribution in [0.15, 0.2) is 12.2 Å². The van der Waals surface area contributed by atoms with E-state index < -0.39 is 0 Å².